The molecule has 0 atom stereocenters. The number of rotatable bonds is 4. The molecule has 60 heavy (non-hydrogen) atoms. The maximum Gasteiger partial charge on any atom is 0.256 e. The van der Waals surface area contributed by atoms with Crippen LogP contribution in [-0.4, -0.2) is 28.4 Å². The highest BCUT2D eigenvalue weighted by Gasteiger charge is 2.49. The van der Waals surface area contributed by atoms with Gasteiger partial charge in [0.15, 0.2) is 0 Å². The highest BCUT2D eigenvalue weighted by Crippen LogP contribution is 2.46. The van der Waals surface area contributed by atoms with Crippen LogP contribution < -0.4 is 52.4 Å². The summed E-state index contributed by atoms with van der Waals surface area (Å²) in [7, 11) is 0. The highest BCUT2D eigenvalue weighted by molar-refractivity contribution is 7.03. The van der Waals surface area contributed by atoms with Crippen molar-refractivity contribution >= 4 is 115 Å². The van der Waals surface area contributed by atoms with Gasteiger partial charge in [0.1, 0.15) is 17.5 Å². The molecule has 3 aromatic heterocycles. The summed E-state index contributed by atoms with van der Waals surface area (Å²) in [5.74, 6) is 2.65. The van der Waals surface area contributed by atoms with Gasteiger partial charge in [-0.05, 0) is 112 Å². The van der Waals surface area contributed by atoms with Crippen LogP contribution in [0.25, 0.3) is 0 Å². The van der Waals surface area contributed by atoms with Crippen molar-refractivity contribution in [2.75, 3.05) is 19.6 Å². The second-order valence-electron chi connectivity index (χ2n) is 15.6. The SMILES string of the molecule is c1ccc(N2c3ccncc3B3c4cc5c(nc4N(c4ccccc4)c4cccc2c43)N(c2ccccc2)c2nccc3c2B5c2ccccc2N3c2ccccc2)cc1. The largest absolute Gasteiger partial charge is 0.311 e. The smallest absolute Gasteiger partial charge is 0.256 e. The fourth-order valence-electron chi connectivity index (χ4n) is 10.2. The van der Waals surface area contributed by atoms with E-state index in [1.165, 1.54) is 10.9 Å². The average molecular weight is 765 g/mol. The maximum atomic E-state index is 5.94. The van der Waals surface area contributed by atoms with Crippen molar-refractivity contribution < 1.29 is 0 Å². The first-order chi connectivity index (χ1) is 29.8. The summed E-state index contributed by atoms with van der Waals surface area (Å²) in [4.78, 5) is 25.4. The lowest BCUT2D eigenvalue weighted by Gasteiger charge is -2.45. The van der Waals surface area contributed by atoms with E-state index in [1.54, 1.807) is 0 Å². The van der Waals surface area contributed by atoms with Crippen molar-refractivity contribution in [3.63, 3.8) is 0 Å². The van der Waals surface area contributed by atoms with E-state index >= 15 is 0 Å². The van der Waals surface area contributed by atoms with Gasteiger partial charge in [-0.2, -0.15) is 0 Å². The quantitative estimate of drug-likeness (QED) is 0.168. The second kappa shape index (κ2) is 12.8. The Morgan fingerprint density at radius 1 is 0.333 bits per heavy atom. The average Bonchev–Trinajstić information content (AvgIpc) is 3.32. The predicted molar refractivity (Wildman–Crippen MR) is 248 cm³/mol. The lowest BCUT2D eigenvalue weighted by atomic mass is 9.31. The van der Waals surface area contributed by atoms with E-state index in [0.29, 0.717) is 0 Å². The molecule has 0 bridgehead atoms. The Kier molecular flexibility index (Phi) is 7.06. The third-order valence-corrected chi connectivity index (χ3v) is 12.5. The number of pyridine rings is 3. The number of aromatic nitrogens is 3. The summed E-state index contributed by atoms with van der Waals surface area (Å²) in [5, 5.41) is 0. The molecule has 13 rings (SSSR count). The first kappa shape index (κ1) is 33.1. The van der Waals surface area contributed by atoms with E-state index in [4.69, 9.17) is 15.0 Å². The van der Waals surface area contributed by atoms with Crippen LogP contribution in [0.15, 0.2) is 201 Å². The van der Waals surface area contributed by atoms with Gasteiger partial charge in [-0.15, -0.1) is 0 Å². The van der Waals surface area contributed by atoms with Crippen molar-refractivity contribution in [3.8, 4) is 0 Å². The third kappa shape index (κ3) is 4.60. The topological polar surface area (TPSA) is 51.6 Å². The van der Waals surface area contributed by atoms with Gasteiger partial charge in [0.25, 0.3) is 13.4 Å². The van der Waals surface area contributed by atoms with Gasteiger partial charge in [0.05, 0.1) is 0 Å². The van der Waals surface area contributed by atoms with E-state index in [9.17, 15) is 0 Å². The molecule has 6 aromatic carbocycles. The molecule has 0 aliphatic carbocycles. The van der Waals surface area contributed by atoms with Gasteiger partial charge in [-0.1, -0.05) is 103 Å². The number of para-hydroxylation sites is 5. The lowest BCUT2D eigenvalue weighted by Crippen LogP contribution is -2.65. The first-order valence-electron chi connectivity index (χ1n) is 20.4. The van der Waals surface area contributed by atoms with Crippen LogP contribution in [0, 0.1) is 0 Å². The summed E-state index contributed by atoms with van der Waals surface area (Å²) in [6, 6.07) is 65.0. The molecule has 9 heteroatoms. The van der Waals surface area contributed by atoms with Gasteiger partial charge in [-0.3, -0.25) is 14.8 Å². The van der Waals surface area contributed by atoms with E-state index in [-0.39, 0.29) is 13.4 Å². The molecule has 0 spiro atoms. The van der Waals surface area contributed by atoms with Gasteiger partial charge < -0.3 is 9.80 Å². The minimum atomic E-state index is -0.132. The van der Waals surface area contributed by atoms with Gasteiger partial charge >= 0.3 is 0 Å². The molecular weight excluding hydrogens is 732 g/mol. The van der Waals surface area contributed by atoms with Gasteiger partial charge in [0.2, 0.25) is 0 Å². The molecular formula is C51H33B2N7. The number of benzene rings is 6. The molecule has 7 nitrogen and oxygen atoms in total. The van der Waals surface area contributed by atoms with E-state index in [0.717, 1.165) is 90.5 Å². The molecule has 4 aliphatic heterocycles. The highest BCUT2D eigenvalue weighted by atomic mass is 15.3. The molecule has 9 aromatic rings. The Labute approximate surface area is 348 Å². The molecule has 0 saturated heterocycles. The van der Waals surface area contributed by atoms with E-state index in [1.807, 2.05) is 12.4 Å². The summed E-state index contributed by atoms with van der Waals surface area (Å²) >= 11 is 0. The molecule has 7 heterocycles. The molecule has 0 amide bonds. The summed E-state index contributed by atoms with van der Waals surface area (Å²) in [6.07, 6.45) is 5.93. The fraction of sp³-hybridized carbons (Fsp3) is 0. The molecule has 0 N–H and O–H groups in total. The Bertz CT molecular complexity index is 2940. The van der Waals surface area contributed by atoms with Crippen molar-refractivity contribution in [2.45, 2.75) is 0 Å². The monoisotopic (exact) mass is 765 g/mol. The zero-order valence-electron chi connectivity index (χ0n) is 32.3. The summed E-state index contributed by atoms with van der Waals surface area (Å²) in [5.41, 5.74) is 16.9. The van der Waals surface area contributed by atoms with Crippen molar-refractivity contribution in [1.82, 2.24) is 15.0 Å². The number of anilines is 12. The van der Waals surface area contributed by atoms with Crippen LogP contribution in [0.1, 0.15) is 0 Å². The van der Waals surface area contributed by atoms with Crippen molar-refractivity contribution in [2.24, 2.45) is 0 Å². The number of hydrogen-bond donors (Lipinski definition) is 0. The Balaban J connectivity index is 1.14. The second-order valence-corrected chi connectivity index (χ2v) is 15.6. The predicted octanol–water partition coefficient (Wildman–Crippen LogP) is 8.04. The fourth-order valence-corrected chi connectivity index (χ4v) is 10.2. The van der Waals surface area contributed by atoms with Crippen LogP contribution in [-0.2, 0) is 0 Å². The van der Waals surface area contributed by atoms with Crippen molar-refractivity contribution in [3.05, 3.63) is 201 Å². The lowest BCUT2D eigenvalue weighted by molar-refractivity contribution is 1.11. The number of fused-ring (bicyclic) bond motifs is 8. The minimum absolute atomic E-state index is 0.132. The minimum Gasteiger partial charge on any atom is -0.311 e. The summed E-state index contributed by atoms with van der Waals surface area (Å²) in [6.45, 7) is -0.264. The van der Waals surface area contributed by atoms with Crippen molar-refractivity contribution in [1.29, 1.82) is 0 Å². The van der Waals surface area contributed by atoms with Crippen LogP contribution in [0.5, 0.6) is 0 Å². The van der Waals surface area contributed by atoms with Crippen LogP contribution in [0.2, 0.25) is 0 Å². The number of hydrogen-bond acceptors (Lipinski definition) is 7. The molecule has 0 unspecified atom stereocenters. The molecule has 0 radical (unpaired) electrons. The van der Waals surface area contributed by atoms with Gasteiger partial charge in [0, 0.05) is 69.8 Å². The van der Waals surface area contributed by atoms with Crippen LogP contribution >= 0.6 is 0 Å². The standard InChI is InChI=1S/C51H33B2N7/c1-5-16-34(17-6-1)57-42-25-14-13-24-38(42)52-40-32-39-49(56-50(40)60(37-22-11-4-12-23-37)51-48(52)46(57)29-31-55-51)59(36-20-9-3-10-21-36)45-27-15-26-44-47(45)53(39)41-33-54-30-28-43(41)58(44)35-18-7-2-8-19-35/h1-33H. The third-order valence-electron chi connectivity index (χ3n) is 12.5. The zero-order valence-corrected chi connectivity index (χ0v) is 32.3. The van der Waals surface area contributed by atoms with Crippen LogP contribution in [0.4, 0.5) is 68.6 Å². The molecule has 4 aliphatic rings. The van der Waals surface area contributed by atoms with Crippen LogP contribution in [0.3, 0.4) is 0 Å². The number of nitrogens with zero attached hydrogens (tertiary/aromatic N) is 7. The van der Waals surface area contributed by atoms with Gasteiger partial charge in [-0.25, -0.2) is 9.97 Å². The normalized spacial score (nSPS) is 13.8. The Hall–Kier alpha value is -7.90. The summed E-state index contributed by atoms with van der Waals surface area (Å²) < 4.78 is 0. The molecule has 0 saturated carbocycles. The Morgan fingerprint density at radius 3 is 1.45 bits per heavy atom. The Morgan fingerprint density at radius 2 is 0.800 bits per heavy atom. The maximum absolute atomic E-state index is 5.94. The zero-order chi connectivity index (χ0) is 39.3. The molecule has 0 fully saturated rings. The first-order valence-corrected chi connectivity index (χ1v) is 20.4. The van der Waals surface area contributed by atoms with E-state index < -0.39 is 0 Å². The van der Waals surface area contributed by atoms with E-state index in [2.05, 4.69) is 208 Å². The molecule has 278 valence electrons.